The molecule has 0 fully saturated rings. The van der Waals surface area contributed by atoms with E-state index in [1.165, 1.54) is 0 Å². The third-order valence-electron chi connectivity index (χ3n) is 2.62. The Morgan fingerprint density at radius 3 is 2.67 bits per heavy atom. The number of nitrogen functional groups attached to an aromatic ring is 1. The molecule has 0 aliphatic heterocycles. The average Bonchev–Trinajstić information content (AvgIpc) is 2.34. The Morgan fingerprint density at radius 1 is 1.22 bits per heavy atom. The fourth-order valence-corrected chi connectivity index (χ4v) is 1.95. The molecule has 0 spiro atoms. The average molecular weight is 305 g/mol. The summed E-state index contributed by atoms with van der Waals surface area (Å²) in [5.41, 5.74) is 8.76. The summed E-state index contributed by atoms with van der Waals surface area (Å²) in [5, 5.41) is 2.81. The quantitative estimate of drug-likeness (QED) is 0.833. The van der Waals surface area contributed by atoms with Crippen LogP contribution in [0.1, 0.15) is 15.9 Å². The van der Waals surface area contributed by atoms with Crippen LogP contribution in [0, 0.1) is 6.92 Å². The summed E-state index contributed by atoms with van der Waals surface area (Å²) in [4.78, 5) is 12.0. The number of hydrogen-bond donors (Lipinski definition) is 2. The van der Waals surface area contributed by atoms with Crippen molar-refractivity contribution in [2.75, 3.05) is 11.1 Å². The predicted octanol–water partition coefficient (Wildman–Crippen LogP) is 3.59. The molecule has 0 unspecified atom stereocenters. The standard InChI is InChI=1S/C14H13BrN2O/c1-9-5-6-12(8-13(9)16)17-14(18)10-3-2-4-11(15)7-10/h2-8H,16H2,1H3,(H,17,18). The molecular formula is C14H13BrN2O. The van der Waals surface area contributed by atoms with Crippen molar-refractivity contribution in [1.82, 2.24) is 0 Å². The summed E-state index contributed by atoms with van der Waals surface area (Å²) in [6.07, 6.45) is 0. The molecular weight excluding hydrogens is 292 g/mol. The number of halogens is 1. The van der Waals surface area contributed by atoms with E-state index in [0.717, 1.165) is 10.0 Å². The van der Waals surface area contributed by atoms with E-state index in [0.29, 0.717) is 16.9 Å². The number of amides is 1. The van der Waals surface area contributed by atoms with Crippen LogP contribution in [0.5, 0.6) is 0 Å². The van der Waals surface area contributed by atoms with Gasteiger partial charge >= 0.3 is 0 Å². The van der Waals surface area contributed by atoms with Crippen LogP contribution in [0.2, 0.25) is 0 Å². The Morgan fingerprint density at radius 2 is 2.00 bits per heavy atom. The third-order valence-corrected chi connectivity index (χ3v) is 3.12. The van der Waals surface area contributed by atoms with E-state index in [1.54, 1.807) is 18.2 Å². The first-order valence-electron chi connectivity index (χ1n) is 5.49. The summed E-state index contributed by atoms with van der Waals surface area (Å²) in [5.74, 6) is -0.153. The van der Waals surface area contributed by atoms with Crippen LogP contribution >= 0.6 is 15.9 Å². The lowest BCUT2D eigenvalue weighted by molar-refractivity contribution is 0.102. The van der Waals surface area contributed by atoms with Gasteiger partial charge < -0.3 is 11.1 Å². The maximum atomic E-state index is 12.0. The Bertz CT molecular complexity index is 596. The van der Waals surface area contributed by atoms with Crippen LogP contribution in [0.4, 0.5) is 11.4 Å². The highest BCUT2D eigenvalue weighted by molar-refractivity contribution is 9.10. The number of hydrogen-bond acceptors (Lipinski definition) is 2. The molecule has 2 rings (SSSR count). The first-order chi connectivity index (χ1) is 8.56. The van der Waals surface area contributed by atoms with E-state index in [9.17, 15) is 4.79 Å². The molecule has 0 saturated carbocycles. The number of carbonyl (C=O) groups excluding carboxylic acids is 1. The normalized spacial score (nSPS) is 10.1. The summed E-state index contributed by atoms with van der Waals surface area (Å²) < 4.78 is 0.874. The monoisotopic (exact) mass is 304 g/mol. The lowest BCUT2D eigenvalue weighted by Gasteiger charge is -2.07. The zero-order valence-electron chi connectivity index (χ0n) is 9.91. The van der Waals surface area contributed by atoms with E-state index < -0.39 is 0 Å². The SMILES string of the molecule is Cc1ccc(NC(=O)c2cccc(Br)c2)cc1N. The van der Waals surface area contributed by atoms with Gasteiger partial charge in [0.25, 0.3) is 5.91 Å². The number of aryl methyl sites for hydroxylation is 1. The van der Waals surface area contributed by atoms with Gasteiger partial charge in [0, 0.05) is 21.4 Å². The maximum absolute atomic E-state index is 12.0. The molecule has 1 amide bonds. The van der Waals surface area contributed by atoms with Crippen LogP contribution in [-0.4, -0.2) is 5.91 Å². The van der Waals surface area contributed by atoms with Gasteiger partial charge in [0.15, 0.2) is 0 Å². The van der Waals surface area contributed by atoms with Crippen molar-refractivity contribution in [1.29, 1.82) is 0 Å². The first-order valence-corrected chi connectivity index (χ1v) is 6.28. The summed E-state index contributed by atoms with van der Waals surface area (Å²) in [6.45, 7) is 1.93. The highest BCUT2D eigenvalue weighted by Crippen LogP contribution is 2.18. The molecule has 2 aromatic carbocycles. The Labute approximate surface area is 114 Å². The van der Waals surface area contributed by atoms with E-state index in [4.69, 9.17) is 5.73 Å². The number of benzene rings is 2. The maximum Gasteiger partial charge on any atom is 0.255 e. The van der Waals surface area contributed by atoms with Crippen molar-refractivity contribution in [3.63, 3.8) is 0 Å². The van der Waals surface area contributed by atoms with Gasteiger partial charge in [0.1, 0.15) is 0 Å². The molecule has 92 valence electrons. The molecule has 0 aliphatic carbocycles. The van der Waals surface area contributed by atoms with Crippen molar-refractivity contribution in [2.24, 2.45) is 0 Å². The Balaban J connectivity index is 2.18. The molecule has 18 heavy (non-hydrogen) atoms. The van der Waals surface area contributed by atoms with Gasteiger partial charge in [-0.25, -0.2) is 0 Å². The number of nitrogens with one attached hydrogen (secondary N) is 1. The van der Waals surface area contributed by atoms with E-state index in [2.05, 4.69) is 21.2 Å². The minimum Gasteiger partial charge on any atom is -0.398 e. The molecule has 4 heteroatoms. The minimum atomic E-state index is -0.153. The Hall–Kier alpha value is -1.81. The topological polar surface area (TPSA) is 55.1 Å². The molecule has 0 aliphatic rings. The van der Waals surface area contributed by atoms with Gasteiger partial charge in [-0.3, -0.25) is 4.79 Å². The lowest BCUT2D eigenvalue weighted by atomic mass is 10.1. The zero-order chi connectivity index (χ0) is 13.1. The number of anilines is 2. The molecule has 0 bridgehead atoms. The highest BCUT2D eigenvalue weighted by atomic mass is 79.9. The lowest BCUT2D eigenvalue weighted by Crippen LogP contribution is -2.12. The number of rotatable bonds is 2. The van der Waals surface area contributed by atoms with Gasteiger partial charge in [-0.15, -0.1) is 0 Å². The van der Waals surface area contributed by atoms with Crippen molar-refractivity contribution in [3.8, 4) is 0 Å². The summed E-state index contributed by atoms with van der Waals surface area (Å²) >= 11 is 3.34. The second-order valence-corrected chi connectivity index (χ2v) is 4.95. The van der Waals surface area contributed by atoms with Gasteiger partial charge in [-0.05, 0) is 42.8 Å². The van der Waals surface area contributed by atoms with Crippen molar-refractivity contribution in [2.45, 2.75) is 6.92 Å². The minimum absolute atomic E-state index is 0.153. The first kappa shape index (κ1) is 12.6. The zero-order valence-corrected chi connectivity index (χ0v) is 11.5. The number of carbonyl (C=O) groups is 1. The molecule has 3 N–H and O–H groups in total. The second kappa shape index (κ2) is 5.23. The van der Waals surface area contributed by atoms with E-state index in [1.807, 2.05) is 31.2 Å². The van der Waals surface area contributed by atoms with Crippen LogP contribution in [0.15, 0.2) is 46.9 Å². The molecule has 0 aromatic heterocycles. The van der Waals surface area contributed by atoms with Crippen LogP contribution in [0.3, 0.4) is 0 Å². The summed E-state index contributed by atoms with van der Waals surface area (Å²) in [6, 6.07) is 12.7. The fraction of sp³-hybridized carbons (Fsp3) is 0.0714. The molecule has 0 atom stereocenters. The van der Waals surface area contributed by atoms with Crippen molar-refractivity contribution >= 4 is 33.2 Å². The van der Waals surface area contributed by atoms with Crippen molar-refractivity contribution < 1.29 is 4.79 Å². The van der Waals surface area contributed by atoms with Gasteiger partial charge in [0.2, 0.25) is 0 Å². The molecule has 2 aromatic rings. The van der Waals surface area contributed by atoms with Gasteiger partial charge in [-0.2, -0.15) is 0 Å². The molecule has 0 radical (unpaired) electrons. The van der Waals surface area contributed by atoms with Crippen LogP contribution in [-0.2, 0) is 0 Å². The Kier molecular flexibility index (Phi) is 3.67. The largest absolute Gasteiger partial charge is 0.398 e. The molecule has 3 nitrogen and oxygen atoms in total. The van der Waals surface area contributed by atoms with Crippen LogP contribution in [0.25, 0.3) is 0 Å². The second-order valence-electron chi connectivity index (χ2n) is 4.04. The smallest absolute Gasteiger partial charge is 0.255 e. The third kappa shape index (κ3) is 2.90. The van der Waals surface area contributed by atoms with E-state index >= 15 is 0 Å². The number of nitrogens with two attached hydrogens (primary N) is 1. The molecule has 0 heterocycles. The van der Waals surface area contributed by atoms with Gasteiger partial charge in [0.05, 0.1) is 0 Å². The predicted molar refractivity (Wildman–Crippen MR) is 77.7 cm³/mol. The molecule has 0 saturated heterocycles. The van der Waals surface area contributed by atoms with Crippen LogP contribution < -0.4 is 11.1 Å². The highest BCUT2D eigenvalue weighted by Gasteiger charge is 2.06. The van der Waals surface area contributed by atoms with E-state index in [-0.39, 0.29) is 5.91 Å². The van der Waals surface area contributed by atoms with Gasteiger partial charge in [-0.1, -0.05) is 28.1 Å². The fourth-order valence-electron chi connectivity index (χ4n) is 1.55. The van der Waals surface area contributed by atoms with Crippen molar-refractivity contribution in [3.05, 3.63) is 58.1 Å². The summed E-state index contributed by atoms with van der Waals surface area (Å²) in [7, 11) is 0.